The number of aryl methyl sites for hydroxylation is 2. The summed E-state index contributed by atoms with van der Waals surface area (Å²) < 4.78 is 2.07. The number of carbonyl (C=O) groups excluding carboxylic acids is 1. The number of hydrogen-bond acceptors (Lipinski definition) is 3. The van der Waals surface area contributed by atoms with Gasteiger partial charge in [0, 0.05) is 25.2 Å². The number of benzene rings is 1. The Kier molecular flexibility index (Phi) is 8.72. The molecule has 1 aromatic heterocycles. The average Bonchev–Trinajstić information content (AvgIpc) is 2.95. The maximum atomic E-state index is 12.8. The van der Waals surface area contributed by atoms with Gasteiger partial charge in [-0.15, -0.1) is 12.4 Å². The van der Waals surface area contributed by atoms with Crippen molar-refractivity contribution in [2.24, 2.45) is 5.92 Å². The van der Waals surface area contributed by atoms with Crippen molar-refractivity contribution in [3.63, 3.8) is 0 Å². The Labute approximate surface area is 181 Å². The molecule has 1 aliphatic rings. The van der Waals surface area contributed by atoms with Crippen LogP contribution in [0.1, 0.15) is 47.3 Å². The van der Waals surface area contributed by atoms with Crippen LogP contribution in [0.15, 0.2) is 24.3 Å². The summed E-state index contributed by atoms with van der Waals surface area (Å²) in [5.41, 5.74) is 5.97. The molecule has 29 heavy (non-hydrogen) atoms. The molecule has 5 nitrogen and oxygen atoms in total. The Balaban J connectivity index is 0.00000300. The lowest BCUT2D eigenvalue weighted by molar-refractivity contribution is -0.132. The van der Waals surface area contributed by atoms with Crippen LogP contribution in [0.25, 0.3) is 0 Å². The molecule has 0 bridgehead atoms. The van der Waals surface area contributed by atoms with E-state index in [9.17, 15) is 4.79 Å². The minimum Gasteiger partial charge on any atom is -0.342 e. The fourth-order valence-electron chi connectivity index (χ4n) is 4.25. The van der Waals surface area contributed by atoms with Crippen molar-refractivity contribution in [1.29, 1.82) is 0 Å². The Morgan fingerprint density at radius 1 is 1.21 bits per heavy atom. The molecule has 1 amide bonds. The quantitative estimate of drug-likeness (QED) is 0.746. The third kappa shape index (κ3) is 6.06. The van der Waals surface area contributed by atoms with Crippen LogP contribution < -0.4 is 5.32 Å². The molecule has 1 aromatic carbocycles. The Hall–Kier alpha value is -1.85. The molecule has 1 fully saturated rings. The van der Waals surface area contributed by atoms with Gasteiger partial charge >= 0.3 is 0 Å². The lowest BCUT2D eigenvalue weighted by atomic mass is 9.97. The van der Waals surface area contributed by atoms with Crippen LogP contribution in [0.4, 0.5) is 0 Å². The van der Waals surface area contributed by atoms with E-state index in [-0.39, 0.29) is 18.3 Å². The Bertz CT molecular complexity index is 798. The van der Waals surface area contributed by atoms with Crippen LogP contribution in [0.2, 0.25) is 0 Å². The third-order valence-corrected chi connectivity index (χ3v) is 5.94. The highest BCUT2D eigenvalue weighted by Gasteiger charge is 2.23. The van der Waals surface area contributed by atoms with Crippen molar-refractivity contribution in [3.8, 4) is 0 Å². The van der Waals surface area contributed by atoms with Gasteiger partial charge in [0.25, 0.3) is 0 Å². The first kappa shape index (κ1) is 23.4. The number of nitrogens with one attached hydrogen (secondary N) is 1. The zero-order valence-electron chi connectivity index (χ0n) is 18.2. The number of aromatic nitrogens is 2. The smallest absolute Gasteiger partial charge is 0.222 e. The van der Waals surface area contributed by atoms with Gasteiger partial charge in [-0.3, -0.25) is 9.48 Å². The molecule has 1 saturated heterocycles. The molecule has 160 valence electrons. The van der Waals surface area contributed by atoms with Crippen LogP contribution in [0, 0.1) is 26.7 Å². The number of piperidine rings is 1. The summed E-state index contributed by atoms with van der Waals surface area (Å²) in [7, 11) is 1.99. The minimum absolute atomic E-state index is 0. The number of likely N-dealkylation sites (tertiary alicyclic amines) is 1. The Morgan fingerprint density at radius 3 is 2.62 bits per heavy atom. The average molecular weight is 419 g/mol. The molecule has 2 aromatic rings. The monoisotopic (exact) mass is 418 g/mol. The fourth-order valence-corrected chi connectivity index (χ4v) is 4.25. The SMILES string of the molecule is CNCC1CCCN(C(=O)CCc2c(C)nn(Cc3ccc(C)cc3)c2C)C1.Cl. The molecule has 0 saturated carbocycles. The summed E-state index contributed by atoms with van der Waals surface area (Å²) in [5, 5.41) is 7.98. The van der Waals surface area contributed by atoms with Gasteiger partial charge in [0.15, 0.2) is 0 Å². The van der Waals surface area contributed by atoms with Gasteiger partial charge in [-0.1, -0.05) is 29.8 Å². The van der Waals surface area contributed by atoms with E-state index < -0.39 is 0 Å². The van der Waals surface area contributed by atoms with Gasteiger partial charge in [-0.25, -0.2) is 0 Å². The van der Waals surface area contributed by atoms with Crippen LogP contribution in [0.3, 0.4) is 0 Å². The zero-order valence-corrected chi connectivity index (χ0v) is 19.0. The van der Waals surface area contributed by atoms with E-state index >= 15 is 0 Å². The van der Waals surface area contributed by atoms with E-state index in [4.69, 9.17) is 5.10 Å². The number of carbonyl (C=O) groups is 1. The van der Waals surface area contributed by atoms with Crippen molar-refractivity contribution in [2.75, 3.05) is 26.7 Å². The van der Waals surface area contributed by atoms with Crippen molar-refractivity contribution in [1.82, 2.24) is 20.0 Å². The number of halogens is 1. The van der Waals surface area contributed by atoms with E-state index in [0.29, 0.717) is 12.3 Å². The number of hydrogen-bond donors (Lipinski definition) is 1. The highest BCUT2D eigenvalue weighted by Crippen LogP contribution is 2.20. The molecule has 0 radical (unpaired) electrons. The highest BCUT2D eigenvalue weighted by atomic mass is 35.5. The van der Waals surface area contributed by atoms with Crippen LogP contribution in [-0.4, -0.2) is 47.3 Å². The summed E-state index contributed by atoms with van der Waals surface area (Å²) in [6.45, 7) is 9.85. The molecule has 0 aliphatic carbocycles. The Morgan fingerprint density at radius 2 is 1.93 bits per heavy atom. The summed E-state index contributed by atoms with van der Waals surface area (Å²) >= 11 is 0. The lowest BCUT2D eigenvalue weighted by Crippen LogP contribution is -2.42. The van der Waals surface area contributed by atoms with Crippen molar-refractivity contribution in [3.05, 3.63) is 52.3 Å². The van der Waals surface area contributed by atoms with Crippen molar-refractivity contribution < 1.29 is 4.79 Å². The standard InChI is InChI=1S/C23H34N4O.ClH/c1-17-7-9-20(10-8-17)16-27-19(3)22(18(2)25-27)11-12-23(28)26-13-5-6-21(15-26)14-24-4;/h7-10,21,24H,5-6,11-16H2,1-4H3;1H. The number of rotatable bonds is 7. The molecular weight excluding hydrogens is 384 g/mol. The van der Waals surface area contributed by atoms with Gasteiger partial charge in [-0.2, -0.15) is 5.10 Å². The van der Waals surface area contributed by atoms with Crippen molar-refractivity contribution >= 4 is 18.3 Å². The summed E-state index contributed by atoms with van der Waals surface area (Å²) in [5.74, 6) is 0.870. The molecule has 1 N–H and O–H groups in total. The second-order valence-electron chi connectivity index (χ2n) is 8.20. The van der Waals surface area contributed by atoms with Gasteiger partial charge in [0.1, 0.15) is 0 Å². The summed E-state index contributed by atoms with van der Waals surface area (Å²) in [4.78, 5) is 14.8. The summed E-state index contributed by atoms with van der Waals surface area (Å²) in [6.07, 6.45) is 3.68. The van der Waals surface area contributed by atoms with E-state index in [1.54, 1.807) is 0 Å². The second kappa shape index (κ2) is 10.8. The predicted octanol–water partition coefficient (Wildman–Crippen LogP) is 3.67. The van der Waals surface area contributed by atoms with E-state index in [1.807, 2.05) is 7.05 Å². The van der Waals surface area contributed by atoms with Crippen molar-refractivity contribution in [2.45, 2.75) is 53.0 Å². The molecule has 0 spiro atoms. The van der Waals surface area contributed by atoms with Gasteiger partial charge in [0.05, 0.1) is 12.2 Å². The van der Waals surface area contributed by atoms with Crippen LogP contribution in [-0.2, 0) is 17.8 Å². The van der Waals surface area contributed by atoms with E-state index in [2.05, 4.69) is 59.9 Å². The maximum Gasteiger partial charge on any atom is 0.222 e. The first-order chi connectivity index (χ1) is 13.5. The molecule has 6 heteroatoms. The van der Waals surface area contributed by atoms with Gasteiger partial charge in [-0.05, 0) is 70.7 Å². The largest absolute Gasteiger partial charge is 0.342 e. The minimum atomic E-state index is 0. The van der Waals surface area contributed by atoms with E-state index in [1.165, 1.54) is 28.8 Å². The zero-order chi connectivity index (χ0) is 20.1. The molecule has 1 atom stereocenters. The number of amides is 1. The molecule has 1 unspecified atom stereocenters. The molecular formula is C23H35ClN4O. The topological polar surface area (TPSA) is 50.2 Å². The van der Waals surface area contributed by atoms with E-state index in [0.717, 1.165) is 44.7 Å². The van der Waals surface area contributed by atoms with Crippen LogP contribution >= 0.6 is 12.4 Å². The molecule has 3 rings (SSSR count). The maximum absolute atomic E-state index is 12.8. The highest BCUT2D eigenvalue weighted by molar-refractivity contribution is 5.85. The number of nitrogens with zero attached hydrogens (tertiary/aromatic N) is 3. The molecule has 2 heterocycles. The second-order valence-corrected chi connectivity index (χ2v) is 8.20. The van der Waals surface area contributed by atoms with Gasteiger partial charge in [0.2, 0.25) is 5.91 Å². The first-order valence-corrected chi connectivity index (χ1v) is 10.5. The van der Waals surface area contributed by atoms with Gasteiger partial charge < -0.3 is 10.2 Å². The first-order valence-electron chi connectivity index (χ1n) is 10.5. The summed E-state index contributed by atoms with van der Waals surface area (Å²) in [6, 6.07) is 8.60. The predicted molar refractivity (Wildman–Crippen MR) is 121 cm³/mol. The third-order valence-electron chi connectivity index (χ3n) is 5.94. The fraction of sp³-hybridized carbons (Fsp3) is 0.565. The lowest BCUT2D eigenvalue weighted by Gasteiger charge is -2.32. The van der Waals surface area contributed by atoms with Crippen LogP contribution in [0.5, 0.6) is 0 Å². The molecule has 1 aliphatic heterocycles. The normalized spacial score (nSPS) is 16.6.